The highest BCUT2D eigenvalue weighted by Gasteiger charge is 2.40. The molecule has 5 heteroatoms. The van der Waals surface area contributed by atoms with Crippen LogP contribution in [0.15, 0.2) is 18.2 Å². The molecule has 1 heterocycles. The van der Waals surface area contributed by atoms with Gasteiger partial charge in [0.15, 0.2) is 6.04 Å². The number of hydrogen-bond donors (Lipinski definition) is 3. The van der Waals surface area contributed by atoms with Gasteiger partial charge in [-0.25, -0.2) is 0 Å². The Morgan fingerprint density at radius 2 is 1.91 bits per heavy atom. The number of amides is 2. The van der Waals surface area contributed by atoms with E-state index in [4.69, 9.17) is 0 Å². The topological polar surface area (TPSA) is 74.8 Å². The van der Waals surface area contributed by atoms with Crippen molar-refractivity contribution in [3.05, 3.63) is 29.3 Å². The number of rotatable bonds is 3. The summed E-state index contributed by atoms with van der Waals surface area (Å²) in [7, 11) is 0. The van der Waals surface area contributed by atoms with Crippen molar-refractivity contribution < 1.29 is 14.9 Å². The van der Waals surface area contributed by atoms with E-state index in [1.54, 1.807) is 0 Å². The molecule has 5 nitrogen and oxygen atoms in total. The lowest BCUT2D eigenvalue weighted by atomic mass is 9.87. The number of quaternary nitrogens is 1. The highest BCUT2D eigenvalue weighted by atomic mass is 16.2. The van der Waals surface area contributed by atoms with Crippen molar-refractivity contribution in [1.29, 1.82) is 0 Å². The SMILES string of the molecule is Cc1cc(C)cc(NC(=O)C[C@@H]2[NH2+][C@@H]3CCCC[C@@H]3NC2=O)c1. The summed E-state index contributed by atoms with van der Waals surface area (Å²) in [4.78, 5) is 24.5. The van der Waals surface area contributed by atoms with E-state index in [0.29, 0.717) is 6.04 Å². The lowest BCUT2D eigenvalue weighted by Gasteiger charge is -2.37. The summed E-state index contributed by atoms with van der Waals surface area (Å²) >= 11 is 0. The summed E-state index contributed by atoms with van der Waals surface area (Å²) in [5.74, 6) is -0.0932. The van der Waals surface area contributed by atoms with Gasteiger partial charge in [-0.1, -0.05) is 12.5 Å². The molecule has 0 bridgehead atoms. The van der Waals surface area contributed by atoms with Crippen molar-refractivity contribution in [3.8, 4) is 0 Å². The molecule has 0 unspecified atom stereocenters. The van der Waals surface area contributed by atoms with Gasteiger partial charge < -0.3 is 16.0 Å². The second kappa shape index (κ2) is 6.71. The summed E-state index contributed by atoms with van der Waals surface area (Å²) in [5.41, 5.74) is 3.04. The fraction of sp³-hybridized carbons (Fsp3) is 0.556. The Kier molecular flexibility index (Phi) is 4.66. The first-order valence-corrected chi connectivity index (χ1v) is 8.55. The number of anilines is 1. The zero-order valence-corrected chi connectivity index (χ0v) is 13.9. The molecule has 1 aromatic rings. The quantitative estimate of drug-likeness (QED) is 0.778. The van der Waals surface area contributed by atoms with Gasteiger partial charge in [0.1, 0.15) is 6.04 Å². The predicted octanol–water partition coefficient (Wildman–Crippen LogP) is 1.01. The van der Waals surface area contributed by atoms with E-state index in [1.807, 2.05) is 26.0 Å². The van der Waals surface area contributed by atoms with Crippen LogP contribution < -0.4 is 16.0 Å². The van der Waals surface area contributed by atoms with Crippen molar-refractivity contribution in [3.63, 3.8) is 0 Å². The summed E-state index contributed by atoms with van der Waals surface area (Å²) < 4.78 is 0. The summed E-state index contributed by atoms with van der Waals surface area (Å²) in [6.45, 7) is 4.02. The fourth-order valence-electron chi connectivity index (χ4n) is 3.86. The predicted molar refractivity (Wildman–Crippen MR) is 89.1 cm³/mol. The maximum atomic E-state index is 12.3. The van der Waals surface area contributed by atoms with E-state index in [9.17, 15) is 9.59 Å². The molecule has 23 heavy (non-hydrogen) atoms. The molecule has 1 aliphatic carbocycles. The van der Waals surface area contributed by atoms with Crippen LogP contribution in [0.25, 0.3) is 0 Å². The molecule has 2 fully saturated rings. The number of carbonyl (C=O) groups excluding carboxylic acids is 2. The largest absolute Gasteiger partial charge is 0.342 e. The number of nitrogens with one attached hydrogen (secondary N) is 2. The first-order chi connectivity index (χ1) is 11.0. The molecule has 1 aliphatic heterocycles. The molecular formula is C18H26N3O2+. The summed E-state index contributed by atoms with van der Waals surface area (Å²) in [5, 5.41) is 8.15. The Balaban J connectivity index is 1.59. The lowest BCUT2D eigenvalue weighted by Crippen LogP contribution is -3.03. The van der Waals surface area contributed by atoms with Gasteiger partial charge in [-0.05, 0) is 49.9 Å². The smallest absolute Gasteiger partial charge is 0.279 e. The van der Waals surface area contributed by atoms with Crippen LogP contribution in [-0.4, -0.2) is 29.9 Å². The molecular weight excluding hydrogens is 290 g/mol. The number of fused-ring (bicyclic) bond motifs is 1. The summed E-state index contributed by atoms with van der Waals surface area (Å²) in [6.07, 6.45) is 4.82. The molecule has 2 aliphatic rings. The first kappa shape index (κ1) is 16.0. The maximum Gasteiger partial charge on any atom is 0.279 e. The van der Waals surface area contributed by atoms with Crippen LogP contribution in [0.4, 0.5) is 5.69 Å². The number of piperazine rings is 1. The Hall–Kier alpha value is -1.88. The first-order valence-electron chi connectivity index (χ1n) is 8.55. The Labute approximate surface area is 137 Å². The van der Waals surface area contributed by atoms with Crippen molar-refractivity contribution >= 4 is 17.5 Å². The van der Waals surface area contributed by atoms with E-state index in [0.717, 1.165) is 29.7 Å². The minimum Gasteiger partial charge on any atom is -0.342 e. The van der Waals surface area contributed by atoms with Crippen molar-refractivity contribution in [2.75, 3.05) is 5.32 Å². The van der Waals surface area contributed by atoms with Crippen LogP contribution >= 0.6 is 0 Å². The van der Waals surface area contributed by atoms with E-state index >= 15 is 0 Å². The van der Waals surface area contributed by atoms with E-state index in [1.165, 1.54) is 12.8 Å². The minimum atomic E-state index is -0.305. The molecule has 3 rings (SSSR count). The Morgan fingerprint density at radius 3 is 2.65 bits per heavy atom. The Bertz CT molecular complexity index is 594. The van der Waals surface area contributed by atoms with Crippen LogP contribution in [0.5, 0.6) is 0 Å². The van der Waals surface area contributed by atoms with Gasteiger partial charge in [0.05, 0.1) is 12.5 Å². The number of hydrogen-bond acceptors (Lipinski definition) is 2. The maximum absolute atomic E-state index is 12.3. The molecule has 0 spiro atoms. The van der Waals surface area contributed by atoms with Crippen molar-refractivity contribution in [2.24, 2.45) is 0 Å². The third kappa shape index (κ3) is 3.91. The van der Waals surface area contributed by atoms with Gasteiger partial charge in [0, 0.05) is 12.1 Å². The van der Waals surface area contributed by atoms with Gasteiger partial charge in [-0.15, -0.1) is 0 Å². The van der Waals surface area contributed by atoms with Crippen LogP contribution in [0.1, 0.15) is 43.2 Å². The monoisotopic (exact) mass is 316 g/mol. The van der Waals surface area contributed by atoms with E-state index < -0.39 is 0 Å². The fourth-order valence-corrected chi connectivity index (χ4v) is 3.86. The molecule has 0 radical (unpaired) electrons. The van der Waals surface area contributed by atoms with Crippen LogP contribution in [-0.2, 0) is 9.59 Å². The van der Waals surface area contributed by atoms with E-state index in [2.05, 4.69) is 22.0 Å². The van der Waals surface area contributed by atoms with Gasteiger partial charge in [0.25, 0.3) is 5.91 Å². The van der Waals surface area contributed by atoms with E-state index in [-0.39, 0.29) is 30.3 Å². The summed E-state index contributed by atoms with van der Waals surface area (Å²) in [6, 6.07) is 6.39. The molecule has 1 aromatic carbocycles. The zero-order valence-electron chi connectivity index (χ0n) is 13.9. The zero-order chi connectivity index (χ0) is 16.4. The number of benzene rings is 1. The average Bonchev–Trinajstić information content (AvgIpc) is 2.46. The standard InChI is InChI=1S/C18H25N3O2/c1-11-7-12(2)9-13(8-11)19-17(22)10-16-18(23)21-15-6-4-3-5-14(15)20-16/h7-9,14-16,20H,3-6,10H2,1-2H3,(H,19,22)(H,21,23)/p+1/t14-,15+,16+/m1/s1. The molecule has 0 aromatic heterocycles. The number of aryl methyl sites for hydroxylation is 2. The molecule has 2 amide bonds. The van der Waals surface area contributed by atoms with Crippen molar-refractivity contribution in [2.45, 2.75) is 64.1 Å². The third-order valence-electron chi connectivity index (χ3n) is 4.87. The van der Waals surface area contributed by atoms with Gasteiger partial charge in [0.2, 0.25) is 5.91 Å². The minimum absolute atomic E-state index is 0.00345. The molecule has 1 saturated carbocycles. The Morgan fingerprint density at radius 1 is 1.22 bits per heavy atom. The average molecular weight is 316 g/mol. The number of nitrogens with two attached hydrogens (primary N) is 1. The molecule has 124 valence electrons. The van der Waals surface area contributed by atoms with Crippen LogP contribution in [0, 0.1) is 13.8 Å². The second-order valence-electron chi connectivity index (χ2n) is 6.99. The number of carbonyl (C=O) groups is 2. The van der Waals surface area contributed by atoms with Crippen LogP contribution in [0.2, 0.25) is 0 Å². The molecule has 1 saturated heterocycles. The highest BCUT2D eigenvalue weighted by molar-refractivity contribution is 5.95. The van der Waals surface area contributed by atoms with Crippen LogP contribution in [0.3, 0.4) is 0 Å². The molecule has 3 atom stereocenters. The normalized spacial score (nSPS) is 27.0. The third-order valence-corrected chi connectivity index (χ3v) is 4.87. The van der Waals surface area contributed by atoms with Gasteiger partial charge in [-0.3, -0.25) is 9.59 Å². The lowest BCUT2D eigenvalue weighted by molar-refractivity contribution is -0.718. The molecule has 4 N–H and O–H groups in total. The van der Waals surface area contributed by atoms with Gasteiger partial charge in [-0.2, -0.15) is 0 Å². The highest BCUT2D eigenvalue weighted by Crippen LogP contribution is 2.19. The second-order valence-corrected chi connectivity index (χ2v) is 6.99. The van der Waals surface area contributed by atoms with Gasteiger partial charge >= 0.3 is 0 Å². The van der Waals surface area contributed by atoms with Crippen molar-refractivity contribution in [1.82, 2.24) is 5.32 Å².